The maximum Gasteiger partial charge on any atom is 0.255 e. The van der Waals surface area contributed by atoms with Crippen molar-refractivity contribution in [3.8, 4) is 5.69 Å². The second-order valence-corrected chi connectivity index (χ2v) is 6.95. The van der Waals surface area contributed by atoms with Crippen LogP contribution in [0.4, 0.5) is 11.4 Å². The number of benzene rings is 2. The van der Waals surface area contributed by atoms with Gasteiger partial charge in [0.2, 0.25) is 5.91 Å². The molecule has 0 atom stereocenters. The molecule has 6 nitrogen and oxygen atoms in total. The van der Waals surface area contributed by atoms with E-state index in [0.29, 0.717) is 24.2 Å². The Hall–Kier alpha value is -3.41. The van der Waals surface area contributed by atoms with Crippen LogP contribution < -0.4 is 10.2 Å². The minimum atomic E-state index is -0.215. The van der Waals surface area contributed by atoms with Gasteiger partial charge in [-0.25, -0.2) is 4.68 Å². The summed E-state index contributed by atoms with van der Waals surface area (Å²) in [5.74, 6) is -0.110. The second-order valence-electron chi connectivity index (χ2n) is 6.95. The van der Waals surface area contributed by atoms with Gasteiger partial charge in [0.05, 0.1) is 22.8 Å². The monoisotopic (exact) mass is 374 g/mol. The van der Waals surface area contributed by atoms with Crippen molar-refractivity contribution in [1.29, 1.82) is 0 Å². The number of hydrogen-bond acceptors (Lipinski definition) is 3. The van der Waals surface area contributed by atoms with E-state index in [2.05, 4.69) is 10.4 Å². The molecule has 28 heavy (non-hydrogen) atoms. The SMILES string of the molecule is Cc1nn(-c2ccccc2)c(C)c1NC(=O)c1cccc(N2CCCC2=O)c1. The number of carbonyl (C=O) groups is 2. The number of hydrogen-bond donors (Lipinski definition) is 1. The molecule has 0 unspecified atom stereocenters. The van der Waals surface area contributed by atoms with Gasteiger partial charge in [0.15, 0.2) is 0 Å². The number of para-hydroxylation sites is 1. The van der Waals surface area contributed by atoms with Crippen LogP contribution in [0.2, 0.25) is 0 Å². The zero-order chi connectivity index (χ0) is 19.7. The number of carbonyl (C=O) groups excluding carboxylic acids is 2. The third-order valence-electron chi connectivity index (χ3n) is 5.02. The van der Waals surface area contributed by atoms with Gasteiger partial charge in [0.1, 0.15) is 0 Å². The van der Waals surface area contributed by atoms with E-state index in [-0.39, 0.29) is 11.8 Å². The average Bonchev–Trinajstić information content (AvgIpc) is 3.27. The fourth-order valence-electron chi connectivity index (χ4n) is 3.57. The lowest BCUT2D eigenvalue weighted by molar-refractivity contribution is -0.117. The van der Waals surface area contributed by atoms with Crippen molar-refractivity contribution >= 4 is 23.2 Å². The van der Waals surface area contributed by atoms with Crippen molar-refractivity contribution in [2.24, 2.45) is 0 Å². The molecule has 142 valence electrons. The zero-order valence-corrected chi connectivity index (χ0v) is 16.0. The number of rotatable bonds is 4. The minimum Gasteiger partial charge on any atom is -0.319 e. The summed E-state index contributed by atoms with van der Waals surface area (Å²) in [5, 5.41) is 7.55. The highest BCUT2D eigenvalue weighted by molar-refractivity contribution is 6.06. The molecule has 0 spiro atoms. The largest absolute Gasteiger partial charge is 0.319 e. The molecule has 2 amide bonds. The molecular formula is C22H22N4O2. The Bertz CT molecular complexity index is 1040. The molecule has 1 aliphatic rings. The van der Waals surface area contributed by atoms with Gasteiger partial charge >= 0.3 is 0 Å². The third kappa shape index (κ3) is 3.29. The first-order chi connectivity index (χ1) is 13.5. The number of nitrogens with one attached hydrogen (secondary N) is 1. The molecule has 1 saturated heterocycles. The fourth-order valence-corrected chi connectivity index (χ4v) is 3.57. The van der Waals surface area contributed by atoms with Crippen molar-refractivity contribution in [3.05, 3.63) is 71.5 Å². The van der Waals surface area contributed by atoms with E-state index in [1.54, 1.807) is 17.0 Å². The minimum absolute atomic E-state index is 0.105. The molecule has 3 aromatic rings. The summed E-state index contributed by atoms with van der Waals surface area (Å²) in [6.45, 7) is 4.51. The van der Waals surface area contributed by atoms with Crippen molar-refractivity contribution in [3.63, 3.8) is 0 Å². The lowest BCUT2D eigenvalue weighted by Gasteiger charge is -2.16. The highest BCUT2D eigenvalue weighted by atomic mass is 16.2. The van der Waals surface area contributed by atoms with E-state index in [1.807, 2.05) is 61.0 Å². The van der Waals surface area contributed by atoms with E-state index in [9.17, 15) is 9.59 Å². The Kier molecular flexibility index (Phi) is 4.69. The predicted octanol–water partition coefficient (Wildman–Crippen LogP) is 3.87. The molecule has 2 aromatic carbocycles. The van der Waals surface area contributed by atoms with Crippen molar-refractivity contribution in [2.45, 2.75) is 26.7 Å². The first-order valence-electron chi connectivity index (χ1n) is 9.38. The van der Waals surface area contributed by atoms with Crippen molar-refractivity contribution < 1.29 is 9.59 Å². The number of anilines is 2. The van der Waals surface area contributed by atoms with Gasteiger partial charge in [0.25, 0.3) is 5.91 Å². The van der Waals surface area contributed by atoms with Gasteiger partial charge in [-0.1, -0.05) is 24.3 Å². The Morgan fingerprint density at radius 2 is 1.79 bits per heavy atom. The third-order valence-corrected chi connectivity index (χ3v) is 5.02. The van der Waals surface area contributed by atoms with Gasteiger partial charge in [-0.2, -0.15) is 5.10 Å². The molecule has 1 aromatic heterocycles. The number of aromatic nitrogens is 2. The Morgan fingerprint density at radius 3 is 2.50 bits per heavy atom. The van der Waals surface area contributed by atoms with Crippen LogP contribution in [0.5, 0.6) is 0 Å². The highest BCUT2D eigenvalue weighted by Gasteiger charge is 2.23. The molecular weight excluding hydrogens is 352 g/mol. The molecule has 1 fully saturated rings. The molecule has 0 bridgehead atoms. The van der Waals surface area contributed by atoms with Gasteiger partial charge in [0, 0.05) is 24.2 Å². The lowest BCUT2D eigenvalue weighted by atomic mass is 10.1. The van der Waals surface area contributed by atoms with Crippen LogP contribution in [0.1, 0.15) is 34.6 Å². The fraction of sp³-hybridized carbons (Fsp3) is 0.227. The maximum absolute atomic E-state index is 12.9. The summed E-state index contributed by atoms with van der Waals surface area (Å²) >= 11 is 0. The standard InChI is InChI=1S/C22H22N4O2/c1-15-21(16(2)26(24-15)18-9-4-3-5-10-18)23-22(28)17-8-6-11-19(14-17)25-13-7-12-20(25)27/h3-6,8-11,14H,7,12-13H2,1-2H3,(H,23,28). The Morgan fingerprint density at radius 1 is 1.04 bits per heavy atom. The predicted molar refractivity (Wildman–Crippen MR) is 109 cm³/mol. The van der Waals surface area contributed by atoms with Crippen LogP contribution in [-0.2, 0) is 4.79 Å². The average molecular weight is 374 g/mol. The van der Waals surface area contributed by atoms with Crippen LogP contribution in [0.3, 0.4) is 0 Å². The zero-order valence-electron chi connectivity index (χ0n) is 16.0. The molecule has 1 N–H and O–H groups in total. The summed E-state index contributed by atoms with van der Waals surface area (Å²) in [4.78, 5) is 26.6. The smallest absolute Gasteiger partial charge is 0.255 e. The van der Waals surface area contributed by atoms with Crippen LogP contribution in [0.15, 0.2) is 54.6 Å². The first kappa shape index (κ1) is 18.0. The molecule has 0 radical (unpaired) electrons. The van der Waals surface area contributed by atoms with Crippen LogP contribution >= 0.6 is 0 Å². The van der Waals surface area contributed by atoms with Crippen molar-refractivity contribution in [2.75, 3.05) is 16.8 Å². The Balaban J connectivity index is 1.59. The van der Waals surface area contributed by atoms with Crippen LogP contribution in [0.25, 0.3) is 5.69 Å². The summed E-state index contributed by atoms with van der Waals surface area (Å²) in [5.41, 5.74) is 4.55. The molecule has 1 aliphatic heterocycles. The molecule has 6 heteroatoms. The van der Waals surface area contributed by atoms with Gasteiger partial charge in [-0.15, -0.1) is 0 Å². The van der Waals surface area contributed by atoms with E-state index >= 15 is 0 Å². The molecule has 0 aliphatic carbocycles. The normalized spacial score (nSPS) is 13.8. The van der Waals surface area contributed by atoms with Crippen molar-refractivity contribution in [1.82, 2.24) is 9.78 Å². The summed E-state index contributed by atoms with van der Waals surface area (Å²) in [6.07, 6.45) is 1.42. The van der Waals surface area contributed by atoms with E-state index in [0.717, 1.165) is 29.2 Å². The van der Waals surface area contributed by atoms with Gasteiger partial charge in [-0.3, -0.25) is 9.59 Å². The summed E-state index contributed by atoms with van der Waals surface area (Å²) in [7, 11) is 0. The molecule has 2 heterocycles. The maximum atomic E-state index is 12.9. The lowest BCUT2D eigenvalue weighted by Crippen LogP contribution is -2.24. The number of aryl methyl sites for hydroxylation is 1. The second kappa shape index (κ2) is 7.31. The number of amides is 2. The van der Waals surface area contributed by atoms with Gasteiger partial charge in [-0.05, 0) is 50.6 Å². The summed E-state index contributed by atoms with van der Waals surface area (Å²) < 4.78 is 1.82. The molecule has 4 rings (SSSR count). The first-order valence-corrected chi connectivity index (χ1v) is 9.38. The van der Waals surface area contributed by atoms with E-state index in [1.165, 1.54) is 0 Å². The van der Waals surface area contributed by atoms with E-state index < -0.39 is 0 Å². The topological polar surface area (TPSA) is 67.2 Å². The number of nitrogens with zero attached hydrogens (tertiary/aromatic N) is 3. The Labute approximate surface area is 163 Å². The summed E-state index contributed by atoms with van der Waals surface area (Å²) in [6, 6.07) is 17.0. The van der Waals surface area contributed by atoms with Gasteiger partial charge < -0.3 is 10.2 Å². The quantitative estimate of drug-likeness (QED) is 0.754. The van der Waals surface area contributed by atoms with E-state index in [4.69, 9.17) is 0 Å². The van der Waals surface area contributed by atoms with Crippen LogP contribution in [0, 0.1) is 13.8 Å². The highest BCUT2D eigenvalue weighted by Crippen LogP contribution is 2.25. The van der Waals surface area contributed by atoms with Crippen LogP contribution in [-0.4, -0.2) is 28.1 Å². The molecule has 0 saturated carbocycles.